The number of thioether (sulfide) groups is 1. The highest BCUT2D eigenvalue weighted by Gasteiger charge is 2.25. The maximum atomic E-state index is 11.3. The van der Waals surface area contributed by atoms with Gasteiger partial charge in [0.2, 0.25) is 0 Å². The molecule has 1 fully saturated rings. The summed E-state index contributed by atoms with van der Waals surface area (Å²) in [6.07, 6.45) is 4.92. The quantitative estimate of drug-likeness (QED) is 0.574. The Balaban J connectivity index is 2.12. The smallest absolute Gasteiger partial charge is 0.259 e. The summed E-state index contributed by atoms with van der Waals surface area (Å²) in [7, 11) is 0. The van der Waals surface area contributed by atoms with Crippen molar-refractivity contribution in [2.45, 2.75) is 0 Å². The standard InChI is InChI=1S/C9H7N3OS2/c13-8-6-15-9(14)12(8)11-5-7-2-1-3-10-4-7/h1-5H,6H2. The van der Waals surface area contributed by atoms with Crippen LogP contribution in [0.4, 0.5) is 0 Å². The lowest BCUT2D eigenvalue weighted by Crippen LogP contribution is -2.22. The lowest BCUT2D eigenvalue weighted by atomic mass is 10.3. The number of carbonyl (C=O) groups excluding carboxylic acids is 1. The number of pyridine rings is 1. The maximum Gasteiger partial charge on any atom is 0.259 e. The zero-order valence-electron chi connectivity index (χ0n) is 7.66. The van der Waals surface area contributed by atoms with Gasteiger partial charge in [0.05, 0.1) is 12.0 Å². The lowest BCUT2D eigenvalue weighted by molar-refractivity contribution is -0.123. The predicted octanol–water partition coefficient (Wildman–Crippen LogP) is 1.28. The average molecular weight is 237 g/mol. The number of amides is 1. The van der Waals surface area contributed by atoms with Crippen molar-refractivity contribution in [1.82, 2.24) is 9.99 Å². The average Bonchev–Trinajstić information content (AvgIpc) is 2.58. The number of thiocarbonyl (C=S) groups is 1. The van der Waals surface area contributed by atoms with Gasteiger partial charge in [-0.05, 0) is 6.07 Å². The lowest BCUT2D eigenvalue weighted by Gasteiger charge is -2.05. The van der Waals surface area contributed by atoms with Crippen LogP contribution in [-0.4, -0.2) is 32.2 Å². The van der Waals surface area contributed by atoms with Gasteiger partial charge in [0.15, 0.2) is 4.32 Å². The Bertz CT molecular complexity index is 403. The van der Waals surface area contributed by atoms with E-state index in [0.717, 1.165) is 5.56 Å². The normalized spacial score (nSPS) is 16.7. The molecule has 1 aromatic rings. The molecule has 1 amide bonds. The zero-order valence-corrected chi connectivity index (χ0v) is 9.29. The molecule has 1 aromatic heterocycles. The van der Waals surface area contributed by atoms with E-state index in [1.165, 1.54) is 16.8 Å². The van der Waals surface area contributed by atoms with E-state index in [9.17, 15) is 4.79 Å². The molecule has 0 radical (unpaired) electrons. The summed E-state index contributed by atoms with van der Waals surface area (Å²) in [6.45, 7) is 0. The molecule has 15 heavy (non-hydrogen) atoms. The fourth-order valence-corrected chi connectivity index (χ4v) is 2.00. The van der Waals surface area contributed by atoms with Gasteiger partial charge in [0.25, 0.3) is 5.91 Å². The summed E-state index contributed by atoms with van der Waals surface area (Å²) >= 11 is 6.30. The van der Waals surface area contributed by atoms with Crippen LogP contribution < -0.4 is 0 Å². The first-order chi connectivity index (χ1) is 7.27. The number of rotatable bonds is 2. The summed E-state index contributed by atoms with van der Waals surface area (Å²) in [5, 5.41) is 5.26. The van der Waals surface area contributed by atoms with Gasteiger partial charge >= 0.3 is 0 Å². The number of hydrazone groups is 1. The van der Waals surface area contributed by atoms with Gasteiger partial charge < -0.3 is 0 Å². The molecule has 0 aliphatic carbocycles. The molecule has 0 bridgehead atoms. The number of nitrogens with zero attached hydrogens (tertiary/aromatic N) is 3. The van der Waals surface area contributed by atoms with Crippen LogP contribution in [0.5, 0.6) is 0 Å². The van der Waals surface area contributed by atoms with Crippen LogP contribution in [-0.2, 0) is 4.79 Å². The van der Waals surface area contributed by atoms with Crippen molar-refractivity contribution >= 4 is 40.4 Å². The van der Waals surface area contributed by atoms with Crippen molar-refractivity contribution in [1.29, 1.82) is 0 Å². The first-order valence-electron chi connectivity index (χ1n) is 4.21. The second-order valence-corrected chi connectivity index (χ2v) is 4.40. The fraction of sp³-hybridized carbons (Fsp3) is 0.111. The van der Waals surface area contributed by atoms with Crippen LogP contribution in [0.15, 0.2) is 29.6 Å². The van der Waals surface area contributed by atoms with Crippen molar-refractivity contribution in [2.75, 3.05) is 5.75 Å². The minimum atomic E-state index is -0.0786. The Morgan fingerprint density at radius 1 is 1.67 bits per heavy atom. The molecule has 4 nitrogen and oxygen atoms in total. The SMILES string of the molecule is O=C1CSC(=S)N1N=Cc1cccnc1. The molecular formula is C9H7N3OS2. The molecular weight excluding hydrogens is 230 g/mol. The van der Waals surface area contributed by atoms with Crippen molar-refractivity contribution in [3.8, 4) is 0 Å². The van der Waals surface area contributed by atoms with Crippen molar-refractivity contribution in [3.63, 3.8) is 0 Å². The highest BCUT2D eigenvalue weighted by Crippen LogP contribution is 2.19. The third-order valence-corrected chi connectivity index (χ3v) is 3.07. The third-order valence-electron chi connectivity index (χ3n) is 1.73. The topological polar surface area (TPSA) is 45.6 Å². The summed E-state index contributed by atoms with van der Waals surface area (Å²) in [6, 6.07) is 3.66. The summed E-state index contributed by atoms with van der Waals surface area (Å²) in [5.41, 5.74) is 0.838. The third kappa shape index (κ3) is 2.40. The predicted molar refractivity (Wildman–Crippen MR) is 63.7 cm³/mol. The molecule has 0 unspecified atom stereocenters. The molecule has 1 aliphatic rings. The van der Waals surface area contributed by atoms with Gasteiger partial charge in [-0.15, -0.1) is 0 Å². The van der Waals surface area contributed by atoms with Gasteiger partial charge in [0, 0.05) is 18.0 Å². The first-order valence-corrected chi connectivity index (χ1v) is 5.60. The molecule has 0 saturated carbocycles. The van der Waals surface area contributed by atoms with E-state index in [-0.39, 0.29) is 5.91 Å². The van der Waals surface area contributed by atoms with Gasteiger partial charge in [0.1, 0.15) is 0 Å². The van der Waals surface area contributed by atoms with E-state index in [4.69, 9.17) is 12.2 Å². The van der Waals surface area contributed by atoms with Crippen molar-refractivity contribution in [3.05, 3.63) is 30.1 Å². The summed E-state index contributed by atoms with van der Waals surface area (Å²) in [4.78, 5) is 15.2. The molecule has 0 N–H and O–H groups in total. The van der Waals surface area contributed by atoms with Crippen LogP contribution >= 0.6 is 24.0 Å². The van der Waals surface area contributed by atoms with Gasteiger partial charge in [-0.3, -0.25) is 9.78 Å². The van der Waals surface area contributed by atoms with E-state index in [1.54, 1.807) is 24.7 Å². The van der Waals surface area contributed by atoms with Crippen LogP contribution in [0, 0.1) is 0 Å². The molecule has 76 valence electrons. The second-order valence-electron chi connectivity index (χ2n) is 2.79. The minimum Gasteiger partial charge on any atom is -0.272 e. The van der Waals surface area contributed by atoms with Crippen LogP contribution in [0.2, 0.25) is 0 Å². The van der Waals surface area contributed by atoms with E-state index >= 15 is 0 Å². The van der Waals surface area contributed by atoms with Gasteiger partial charge in [-0.2, -0.15) is 10.1 Å². The van der Waals surface area contributed by atoms with Gasteiger partial charge in [-0.1, -0.05) is 30.0 Å². The monoisotopic (exact) mass is 237 g/mol. The van der Waals surface area contributed by atoms with Crippen molar-refractivity contribution in [2.24, 2.45) is 5.10 Å². The van der Waals surface area contributed by atoms with E-state index in [2.05, 4.69) is 10.1 Å². The zero-order chi connectivity index (χ0) is 10.7. The first kappa shape index (κ1) is 10.3. The Hall–Kier alpha value is -1.27. The van der Waals surface area contributed by atoms with E-state index in [0.29, 0.717) is 10.1 Å². The highest BCUT2D eigenvalue weighted by atomic mass is 32.2. The largest absolute Gasteiger partial charge is 0.272 e. The number of hydrogen-bond donors (Lipinski definition) is 0. The number of carbonyl (C=O) groups is 1. The van der Waals surface area contributed by atoms with Crippen LogP contribution in [0.3, 0.4) is 0 Å². The Morgan fingerprint density at radius 2 is 2.53 bits per heavy atom. The van der Waals surface area contributed by atoms with Crippen LogP contribution in [0.1, 0.15) is 5.56 Å². The highest BCUT2D eigenvalue weighted by molar-refractivity contribution is 8.23. The molecule has 1 saturated heterocycles. The molecule has 0 aromatic carbocycles. The van der Waals surface area contributed by atoms with Crippen molar-refractivity contribution < 1.29 is 4.79 Å². The molecule has 1 aliphatic heterocycles. The Kier molecular flexibility index (Phi) is 3.08. The molecule has 0 spiro atoms. The Labute approximate surface area is 96.4 Å². The van der Waals surface area contributed by atoms with E-state index in [1.807, 2.05) is 6.07 Å². The van der Waals surface area contributed by atoms with Crippen LogP contribution in [0.25, 0.3) is 0 Å². The second kappa shape index (κ2) is 4.50. The minimum absolute atomic E-state index is 0.0786. The maximum absolute atomic E-state index is 11.3. The van der Waals surface area contributed by atoms with Gasteiger partial charge in [-0.25, -0.2) is 0 Å². The Morgan fingerprint density at radius 3 is 3.13 bits per heavy atom. The molecule has 2 heterocycles. The molecule has 6 heteroatoms. The molecule has 2 rings (SSSR count). The summed E-state index contributed by atoms with van der Waals surface area (Å²) in [5.74, 6) is 0.300. The number of hydrogen-bond acceptors (Lipinski definition) is 5. The van der Waals surface area contributed by atoms with E-state index < -0.39 is 0 Å². The summed E-state index contributed by atoms with van der Waals surface area (Å²) < 4.78 is 0.500. The molecule has 0 atom stereocenters. The number of aromatic nitrogens is 1. The fourth-order valence-electron chi connectivity index (χ4n) is 1.04.